The zero-order chi connectivity index (χ0) is 16.7. The minimum atomic E-state index is -0.464. The van der Waals surface area contributed by atoms with Crippen LogP contribution in [0.15, 0.2) is 52.2 Å². The first kappa shape index (κ1) is 16.0. The number of hydrazone groups is 1. The predicted octanol–water partition coefficient (Wildman–Crippen LogP) is 2.29. The second-order valence-electron chi connectivity index (χ2n) is 4.58. The number of benzene rings is 1. The lowest BCUT2D eigenvalue weighted by atomic mass is 10.1. The molecule has 1 aromatic heterocycles. The van der Waals surface area contributed by atoms with Crippen molar-refractivity contribution < 1.29 is 14.0 Å². The van der Waals surface area contributed by atoms with E-state index in [1.54, 1.807) is 49.4 Å². The van der Waals surface area contributed by atoms with Gasteiger partial charge >= 0.3 is 0 Å². The van der Waals surface area contributed by atoms with Crippen molar-refractivity contribution in [2.75, 3.05) is 5.32 Å². The molecule has 0 bridgehead atoms. The van der Waals surface area contributed by atoms with Gasteiger partial charge in [0.25, 0.3) is 11.8 Å². The van der Waals surface area contributed by atoms with Crippen molar-refractivity contribution in [2.45, 2.75) is 13.3 Å². The van der Waals surface area contributed by atoms with Crippen LogP contribution < -0.4 is 10.7 Å². The summed E-state index contributed by atoms with van der Waals surface area (Å²) in [6.45, 7) is 1.73. The fraction of sp³-hybridized carbons (Fsp3) is 0.125. The first-order chi connectivity index (χ1) is 11.1. The molecular weight excluding hydrogens is 296 g/mol. The molecule has 0 atom stereocenters. The van der Waals surface area contributed by atoms with Crippen LogP contribution in [0.25, 0.3) is 0 Å². The van der Waals surface area contributed by atoms with Gasteiger partial charge in [-0.05, 0) is 36.8 Å². The van der Waals surface area contributed by atoms with E-state index in [0.29, 0.717) is 11.4 Å². The average Bonchev–Trinajstić information content (AvgIpc) is 3.08. The minimum Gasteiger partial charge on any atom is -0.459 e. The van der Waals surface area contributed by atoms with Gasteiger partial charge in [-0.1, -0.05) is 12.1 Å². The molecule has 2 rings (SSSR count). The number of nitrogens with one attached hydrogen (secondary N) is 2. The molecule has 0 spiro atoms. The summed E-state index contributed by atoms with van der Waals surface area (Å²) in [5, 5.41) is 15.0. The van der Waals surface area contributed by atoms with Crippen molar-refractivity contribution in [1.82, 2.24) is 5.43 Å². The number of amides is 2. The molecule has 1 heterocycles. The standard InChI is InChI=1S/C16H14N4O3/c1-11(19-20-15(21)8-9-17)12-4-6-13(7-5-12)18-16(22)14-3-2-10-23-14/h2-7,10H,8H2,1H3,(H,18,22)(H,20,21)/b19-11+. The highest BCUT2D eigenvalue weighted by Gasteiger charge is 2.08. The molecule has 1 aromatic carbocycles. The fourth-order valence-electron chi connectivity index (χ4n) is 1.72. The highest BCUT2D eigenvalue weighted by molar-refractivity contribution is 6.03. The Morgan fingerprint density at radius 2 is 2.00 bits per heavy atom. The monoisotopic (exact) mass is 310 g/mol. The number of nitrogens with zero attached hydrogens (tertiary/aromatic N) is 2. The number of carbonyl (C=O) groups is 2. The van der Waals surface area contributed by atoms with Gasteiger partial charge in [-0.15, -0.1) is 0 Å². The third kappa shape index (κ3) is 4.54. The summed E-state index contributed by atoms with van der Waals surface area (Å²) in [4.78, 5) is 23.0. The maximum atomic E-state index is 11.8. The van der Waals surface area contributed by atoms with Crippen LogP contribution >= 0.6 is 0 Å². The molecule has 23 heavy (non-hydrogen) atoms. The molecule has 2 N–H and O–H groups in total. The molecule has 0 aliphatic rings. The third-order valence-corrected chi connectivity index (χ3v) is 2.89. The summed E-state index contributed by atoms with van der Waals surface area (Å²) in [5.41, 5.74) is 4.26. The zero-order valence-electron chi connectivity index (χ0n) is 12.4. The highest BCUT2D eigenvalue weighted by atomic mass is 16.3. The van der Waals surface area contributed by atoms with E-state index in [0.717, 1.165) is 5.56 Å². The maximum absolute atomic E-state index is 11.8. The molecule has 7 heteroatoms. The summed E-state index contributed by atoms with van der Waals surface area (Å²) < 4.78 is 5.01. The van der Waals surface area contributed by atoms with Gasteiger partial charge in [-0.3, -0.25) is 9.59 Å². The van der Waals surface area contributed by atoms with Gasteiger partial charge in [0.15, 0.2) is 5.76 Å². The molecule has 2 aromatic rings. The molecule has 116 valence electrons. The summed E-state index contributed by atoms with van der Waals surface area (Å²) in [5.74, 6) is -0.571. The molecule has 0 aliphatic carbocycles. The van der Waals surface area contributed by atoms with Gasteiger partial charge in [-0.2, -0.15) is 10.4 Å². The first-order valence-corrected chi connectivity index (χ1v) is 6.75. The number of furan rings is 1. The van der Waals surface area contributed by atoms with Crippen molar-refractivity contribution in [1.29, 1.82) is 5.26 Å². The van der Waals surface area contributed by atoms with Gasteiger partial charge in [0.2, 0.25) is 0 Å². The van der Waals surface area contributed by atoms with Crippen LogP contribution in [0.2, 0.25) is 0 Å². The highest BCUT2D eigenvalue weighted by Crippen LogP contribution is 2.12. The van der Waals surface area contributed by atoms with E-state index in [4.69, 9.17) is 9.68 Å². The number of hydrogen-bond donors (Lipinski definition) is 2. The van der Waals surface area contributed by atoms with E-state index in [1.807, 2.05) is 0 Å². The van der Waals surface area contributed by atoms with Crippen molar-refractivity contribution in [3.05, 3.63) is 54.0 Å². The molecule has 0 aliphatic heterocycles. The molecule has 0 saturated carbocycles. The maximum Gasteiger partial charge on any atom is 0.291 e. The Labute approximate surface area is 132 Å². The van der Waals surface area contributed by atoms with Gasteiger partial charge in [-0.25, -0.2) is 5.43 Å². The number of hydrogen-bond acceptors (Lipinski definition) is 5. The summed E-state index contributed by atoms with van der Waals surface area (Å²) in [6, 6.07) is 11.9. The molecule has 2 amide bonds. The van der Waals surface area contributed by atoms with Crippen LogP contribution in [0, 0.1) is 11.3 Å². The van der Waals surface area contributed by atoms with Crippen molar-refractivity contribution in [3.8, 4) is 6.07 Å². The fourth-order valence-corrected chi connectivity index (χ4v) is 1.72. The molecule has 7 nitrogen and oxygen atoms in total. The lowest BCUT2D eigenvalue weighted by Gasteiger charge is -2.05. The van der Waals surface area contributed by atoms with Gasteiger partial charge in [0.05, 0.1) is 18.0 Å². The number of rotatable bonds is 5. The van der Waals surface area contributed by atoms with E-state index in [-0.39, 0.29) is 18.1 Å². The lowest BCUT2D eigenvalue weighted by molar-refractivity contribution is -0.120. The Balaban J connectivity index is 1.99. The topological polar surface area (TPSA) is 107 Å². The Morgan fingerprint density at radius 1 is 1.26 bits per heavy atom. The van der Waals surface area contributed by atoms with Crippen LogP contribution in [0.4, 0.5) is 5.69 Å². The SMILES string of the molecule is C/C(=N\NC(=O)CC#N)c1ccc(NC(=O)c2ccco2)cc1. The molecule has 0 saturated heterocycles. The second kappa shape index (κ2) is 7.56. The molecule has 0 unspecified atom stereocenters. The lowest BCUT2D eigenvalue weighted by Crippen LogP contribution is -2.18. The van der Waals surface area contributed by atoms with Crippen molar-refractivity contribution in [2.24, 2.45) is 5.10 Å². The van der Waals surface area contributed by atoms with Crippen LogP contribution in [0.1, 0.15) is 29.5 Å². The first-order valence-electron chi connectivity index (χ1n) is 6.75. The van der Waals surface area contributed by atoms with E-state index in [2.05, 4.69) is 15.8 Å². The second-order valence-corrected chi connectivity index (χ2v) is 4.58. The van der Waals surface area contributed by atoms with Gasteiger partial charge in [0, 0.05) is 5.69 Å². The van der Waals surface area contributed by atoms with Crippen molar-refractivity contribution in [3.63, 3.8) is 0 Å². The number of carbonyl (C=O) groups excluding carboxylic acids is 2. The molecular formula is C16H14N4O3. The van der Waals surface area contributed by atoms with Gasteiger partial charge in [0.1, 0.15) is 6.42 Å². The Bertz CT molecular complexity index is 756. The average molecular weight is 310 g/mol. The van der Waals surface area contributed by atoms with E-state index >= 15 is 0 Å². The Morgan fingerprint density at radius 3 is 2.61 bits per heavy atom. The third-order valence-electron chi connectivity index (χ3n) is 2.89. The smallest absolute Gasteiger partial charge is 0.291 e. The van der Waals surface area contributed by atoms with Crippen LogP contribution in [0.3, 0.4) is 0 Å². The quantitative estimate of drug-likeness (QED) is 0.652. The zero-order valence-corrected chi connectivity index (χ0v) is 12.4. The van der Waals surface area contributed by atoms with Gasteiger partial charge < -0.3 is 9.73 Å². The van der Waals surface area contributed by atoms with Crippen LogP contribution in [0.5, 0.6) is 0 Å². The predicted molar refractivity (Wildman–Crippen MR) is 83.7 cm³/mol. The minimum absolute atomic E-state index is 0.229. The molecule has 0 fully saturated rings. The Kier molecular flexibility index (Phi) is 5.25. The van der Waals surface area contributed by atoms with E-state index in [9.17, 15) is 9.59 Å². The number of nitriles is 1. The van der Waals surface area contributed by atoms with E-state index in [1.165, 1.54) is 6.26 Å². The largest absolute Gasteiger partial charge is 0.459 e. The summed E-state index contributed by atoms with van der Waals surface area (Å²) >= 11 is 0. The molecule has 0 radical (unpaired) electrons. The Hall–Kier alpha value is -3.40. The van der Waals surface area contributed by atoms with E-state index < -0.39 is 5.91 Å². The van der Waals surface area contributed by atoms with Crippen LogP contribution in [-0.4, -0.2) is 17.5 Å². The number of anilines is 1. The summed E-state index contributed by atoms with van der Waals surface area (Å²) in [6.07, 6.45) is 1.19. The van der Waals surface area contributed by atoms with Crippen LogP contribution in [-0.2, 0) is 4.79 Å². The normalized spacial score (nSPS) is 10.7. The summed E-state index contributed by atoms with van der Waals surface area (Å²) in [7, 11) is 0. The van der Waals surface area contributed by atoms with Crippen molar-refractivity contribution >= 4 is 23.2 Å².